The van der Waals surface area contributed by atoms with Gasteiger partial charge < -0.3 is 14.6 Å². The van der Waals surface area contributed by atoms with Crippen molar-refractivity contribution < 1.29 is 24.2 Å². The lowest BCUT2D eigenvalue weighted by Gasteiger charge is -2.11. The molecule has 0 saturated carbocycles. The Morgan fingerprint density at radius 1 is 1.12 bits per heavy atom. The molecule has 0 radical (unpaired) electrons. The van der Waals surface area contributed by atoms with Crippen LogP contribution in [-0.4, -0.2) is 30.8 Å². The summed E-state index contributed by atoms with van der Waals surface area (Å²) < 4.78 is 10.2. The van der Waals surface area contributed by atoms with E-state index in [4.69, 9.17) is 14.6 Å². The van der Waals surface area contributed by atoms with Crippen molar-refractivity contribution >= 4 is 23.7 Å². The fourth-order valence-corrected chi connectivity index (χ4v) is 3.00. The molecule has 0 spiro atoms. The molecule has 0 saturated heterocycles. The Kier molecular flexibility index (Phi) is 6.26. The lowest BCUT2D eigenvalue weighted by atomic mass is 10.1. The second kappa shape index (κ2) is 8.40. The number of carboxylic acid groups (broad SMARTS) is 1. The molecule has 0 aliphatic heterocycles. The van der Waals surface area contributed by atoms with E-state index in [0.29, 0.717) is 16.0 Å². The Morgan fingerprint density at radius 3 is 2.42 bits per heavy atom. The maximum absolute atomic E-state index is 12.2. The summed E-state index contributed by atoms with van der Waals surface area (Å²) in [6, 6.07) is 12.5. The van der Waals surface area contributed by atoms with Gasteiger partial charge in [0.05, 0.1) is 25.7 Å². The molecule has 0 bridgehead atoms. The number of rotatable bonds is 7. The summed E-state index contributed by atoms with van der Waals surface area (Å²) in [4.78, 5) is 24.7. The zero-order valence-electron chi connectivity index (χ0n) is 13.4. The lowest BCUT2D eigenvalue weighted by molar-refractivity contribution is -0.136. The third kappa shape index (κ3) is 4.76. The molecule has 5 nitrogen and oxygen atoms in total. The molecule has 0 unspecified atom stereocenters. The first kappa shape index (κ1) is 17.9. The maximum Gasteiger partial charge on any atom is 0.339 e. The van der Waals surface area contributed by atoms with E-state index >= 15 is 0 Å². The molecule has 1 N–H and O–H groups in total. The van der Waals surface area contributed by atoms with Gasteiger partial charge in [-0.2, -0.15) is 0 Å². The normalized spacial score (nSPS) is 10.2. The minimum Gasteiger partial charge on any atom is -0.497 e. The largest absolute Gasteiger partial charge is 0.497 e. The highest BCUT2D eigenvalue weighted by atomic mass is 32.2. The molecule has 0 aliphatic rings. The zero-order valence-corrected chi connectivity index (χ0v) is 14.3. The van der Waals surface area contributed by atoms with Gasteiger partial charge in [-0.25, -0.2) is 4.79 Å². The predicted molar refractivity (Wildman–Crippen MR) is 90.9 cm³/mol. The van der Waals surface area contributed by atoms with Gasteiger partial charge in [0.1, 0.15) is 5.75 Å². The SMILES string of the molecule is CCOC(=O)c1cc(CC(=O)O)ccc1Sc1ccc(OC)cc1. The van der Waals surface area contributed by atoms with Crippen molar-refractivity contribution in [2.75, 3.05) is 13.7 Å². The summed E-state index contributed by atoms with van der Waals surface area (Å²) in [6.45, 7) is 1.99. The van der Waals surface area contributed by atoms with Crippen LogP contribution in [0.15, 0.2) is 52.3 Å². The Balaban J connectivity index is 2.32. The van der Waals surface area contributed by atoms with Crippen molar-refractivity contribution in [2.45, 2.75) is 23.1 Å². The molecule has 0 aromatic heterocycles. The van der Waals surface area contributed by atoms with Gasteiger partial charge in [0, 0.05) is 9.79 Å². The van der Waals surface area contributed by atoms with Crippen molar-refractivity contribution in [2.24, 2.45) is 0 Å². The second-order valence-corrected chi connectivity index (χ2v) is 6.01. The number of methoxy groups -OCH3 is 1. The molecule has 6 heteroatoms. The lowest BCUT2D eigenvalue weighted by Crippen LogP contribution is -2.08. The highest BCUT2D eigenvalue weighted by Gasteiger charge is 2.15. The van der Waals surface area contributed by atoms with Crippen molar-refractivity contribution in [3.05, 3.63) is 53.6 Å². The van der Waals surface area contributed by atoms with Crippen LogP contribution < -0.4 is 4.74 Å². The monoisotopic (exact) mass is 346 g/mol. The van der Waals surface area contributed by atoms with E-state index in [1.54, 1.807) is 32.2 Å². The molecule has 0 aliphatic carbocycles. The van der Waals surface area contributed by atoms with E-state index in [9.17, 15) is 9.59 Å². The number of hydrogen-bond donors (Lipinski definition) is 1. The van der Waals surface area contributed by atoms with Gasteiger partial charge in [0.25, 0.3) is 0 Å². The van der Waals surface area contributed by atoms with E-state index in [2.05, 4.69) is 0 Å². The molecular weight excluding hydrogens is 328 g/mol. The van der Waals surface area contributed by atoms with E-state index in [1.165, 1.54) is 11.8 Å². The average Bonchev–Trinajstić information content (AvgIpc) is 2.56. The quantitative estimate of drug-likeness (QED) is 0.772. The van der Waals surface area contributed by atoms with Crippen LogP contribution >= 0.6 is 11.8 Å². The first-order valence-corrected chi connectivity index (χ1v) is 8.19. The molecule has 2 aromatic rings. The summed E-state index contributed by atoms with van der Waals surface area (Å²) in [5, 5.41) is 8.92. The van der Waals surface area contributed by atoms with Gasteiger partial charge >= 0.3 is 11.9 Å². The standard InChI is InChI=1S/C18H18O5S/c1-3-23-18(21)15-10-12(11-17(19)20)4-9-16(15)24-14-7-5-13(22-2)6-8-14/h4-10H,3,11H2,1-2H3,(H,19,20). The van der Waals surface area contributed by atoms with Gasteiger partial charge in [-0.3, -0.25) is 4.79 Å². The first-order chi connectivity index (χ1) is 11.5. The second-order valence-electron chi connectivity index (χ2n) is 4.90. The van der Waals surface area contributed by atoms with Crippen LogP contribution in [0, 0.1) is 0 Å². The molecule has 2 aromatic carbocycles. The third-order valence-electron chi connectivity index (χ3n) is 3.18. The number of benzene rings is 2. The summed E-state index contributed by atoms with van der Waals surface area (Å²) in [7, 11) is 1.60. The Labute approximate surface area is 144 Å². The molecular formula is C18H18O5S. The van der Waals surface area contributed by atoms with Gasteiger partial charge in [-0.1, -0.05) is 17.8 Å². The van der Waals surface area contributed by atoms with Gasteiger partial charge in [0.2, 0.25) is 0 Å². The van der Waals surface area contributed by atoms with Crippen LogP contribution in [0.3, 0.4) is 0 Å². The van der Waals surface area contributed by atoms with Crippen molar-refractivity contribution in [1.82, 2.24) is 0 Å². The molecule has 0 fully saturated rings. The van der Waals surface area contributed by atoms with Crippen molar-refractivity contribution in [1.29, 1.82) is 0 Å². The fourth-order valence-electron chi connectivity index (χ4n) is 2.09. The van der Waals surface area contributed by atoms with Crippen LogP contribution in [0.25, 0.3) is 0 Å². The number of aliphatic carboxylic acids is 1. The summed E-state index contributed by atoms with van der Waals surface area (Å²) in [6.07, 6.45) is -0.139. The topological polar surface area (TPSA) is 72.8 Å². The zero-order chi connectivity index (χ0) is 17.5. The molecule has 0 amide bonds. The Morgan fingerprint density at radius 2 is 1.83 bits per heavy atom. The van der Waals surface area contributed by atoms with Crippen LogP contribution in [0.4, 0.5) is 0 Å². The summed E-state index contributed by atoms with van der Waals surface area (Å²) in [5.74, 6) is -0.650. The summed E-state index contributed by atoms with van der Waals surface area (Å²) in [5.41, 5.74) is 0.932. The smallest absolute Gasteiger partial charge is 0.339 e. The number of ether oxygens (including phenoxy) is 2. The van der Waals surface area contributed by atoms with E-state index in [-0.39, 0.29) is 13.0 Å². The van der Waals surface area contributed by atoms with Crippen LogP contribution in [0.2, 0.25) is 0 Å². The van der Waals surface area contributed by atoms with Crippen LogP contribution in [-0.2, 0) is 16.0 Å². The van der Waals surface area contributed by atoms with E-state index < -0.39 is 11.9 Å². The number of carboxylic acids is 1. The number of carbonyl (C=O) groups is 2. The maximum atomic E-state index is 12.2. The predicted octanol–water partition coefficient (Wildman–Crippen LogP) is 3.65. The van der Waals surface area contributed by atoms with E-state index in [0.717, 1.165) is 10.6 Å². The van der Waals surface area contributed by atoms with Gasteiger partial charge in [-0.15, -0.1) is 0 Å². The minimum atomic E-state index is -0.944. The molecule has 24 heavy (non-hydrogen) atoms. The third-order valence-corrected chi connectivity index (χ3v) is 4.27. The van der Waals surface area contributed by atoms with Crippen molar-refractivity contribution in [3.8, 4) is 5.75 Å². The highest BCUT2D eigenvalue weighted by molar-refractivity contribution is 7.99. The van der Waals surface area contributed by atoms with Gasteiger partial charge in [0.15, 0.2) is 0 Å². The average molecular weight is 346 g/mol. The number of esters is 1. The number of carbonyl (C=O) groups excluding carboxylic acids is 1. The minimum absolute atomic E-state index is 0.139. The van der Waals surface area contributed by atoms with Crippen LogP contribution in [0.1, 0.15) is 22.8 Å². The molecule has 2 rings (SSSR count). The van der Waals surface area contributed by atoms with E-state index in [1.807, 2.05) is 24.3 Å². The Bertz CT molecular complexity index is 725. The fraction of sp³-hybridized carbons (Fsp3) is 0.222. The highest BCUT2D eigenvalue weighted by Crippen LogP contribution is 2.32. The molecule has 0 atom stereocenters. The first-order valence-electron chi connectivity index (χ1n) is 7.37. The number of hydrogen-bond acceptors (Lipinski definition) is 5. The summed E-state index contributed by atoms with van der Waals surface area (Å²) >= 11 is 1.41. The van der Waals surface area contributed by atoms with Crippen LogP contribution in [0.5, 0.6) is 5.75 Å². The van der Waals surface area contributed by atoms with Crippen molar-refractivity contribution in [3.63, 3.8) is 0 Å². The molecule has 126 valence electrons. The van der Waals surface area contributed by atoms with Gasteiger partial charge in [-0.05, 0) is 48.9 Å². The Hall–Kier alpha value is -2.47. The molecule has 0 heterocycles.